The molecule has 2 aromatic heterocycles. The normalized spacial score (nSPS) is 14.3. The predicted molar refractivity (Wildman–Crippen MR) is 102 cm³/mol. The van der Waals surface area contributed by atoms with Crippen LogP contribution in [-0.4, -0.2) is 16.1 Å². The van der Waals surface area contributed by atoms with E-state index in [1.54, 1.807) is 23.5 Å². The molecule has 0 amide bonds. The first-order valence-corrected chi connectivity index (χ1v) is 8.93. The van der Waals surface area contributed by atoms with Crippen LogP contribution in [0.1, 0.15) is 23.2 Å². The van der Waals surface area contributed by atoms with Crippen LogP contribution in [0.25, 0.3) is 27.8 Å². The molecular formula is C21H14FNO2S. The zero-order valence-corrected chi connectivity index (χ0v) is 14.5. The Morgan fingerprint density at radius 2 is 2.04 bits per heavy atom. The Morgan fingerprint density at radius 3 is 2.81 bits per heavy atom. The molecular weight excluding hydrogens is 349 g/mol. The van der Waals surface area contributed by atoms with E-state index >= 15 is 0 Å². The van der Waals surface area contributed by atoms with E-state index in [0.29, 0.717) is 11.1 Å². The number of carboxylic acid groups (broad SMARTS) is 1. The van der Waals surface area contributed by atoms with Gasteiger partial charge in [0.1, 0.15) is 5.82 Å². The molecule has 0 spiro atoms. The number of aliphatic carboxylic acids is 1. The minimum atomic E-state index is -0.939. The third kappa shape index (κ3) is 3.21. The average molecular weight is 363 g/mol. The maximum atomic E-state index is 13.6. The second kappa shape index (κ2) is 6.69. The maximum Gasteiger partial charge on any atom is 0.307 e. The van der Waals surface area contributed by atoms with Gasteiger partial charge in [0.25, 0.3) is 0 Å². The van der Waals surface area contributed by atoms with Crippen LogP contribution in [0.4, 0.5) is 4.39 Å². The fourth-order valence-electron chi connectivity index (χ4n) is 3.06. The highest BCUT2D eigenvalue weighted by atomic mass is 32.1. The molecule has 1 aromatic carbocycles. The highest BCUT2D eigenvalue weighted by Crippen LogP contribution is 2.38. The Hall–Kier alpha value is -3.05. The first-order chi connectivity index (χ1) is 12.6. The van der Waals surface area contributed by atoms with E-state index in [1.165, 1.54) is 12.1 Å². The number of aromatic nitrogens is 1. The molecule has 0 saturated heterocycles. The molecule has 2 heterocycles. The SMILES string of the molecule is O=C(O)CC1=C/C(=C\c2cccc(-c3cccs3)n2)c2ccc(F)cc21. The molecule has 5 heteroatoms. The summed E-state index contributed by atoms with van der Waals surface area (Å²) in [5, 5.41) is 11.1. The van der Waals surface area contributed by atoms with E-state index in [0.717, 1.165) is 27.4 Å². The van der Waals surface area contributed by atoms with Crippen LogP contribution in [-0.2, 0) is 4.79 Å². The highest BCUT2D eigenvalue weighted by molar-refractivity contribution is 7.13. The lowest BCUT2D eigenvalue weighted by Gasteiger charge is -2.04. The van der Waals surface area contributed by atoms with Crippen LogP contribution in [0.3, 0.4) is 0 Å². The molecule has 0 atom stereocenters. The van der Waals surface area contributed by atoms with Gasteiger partial charge in [0.05, 0.1) is 22.7 Å². The minimum absolute atomic E-state index is 0.142. The summed E-state index contributed by atoms with van der Waals surface area (Å²) in [6.45, 7) is 0. The molecule has 1 aliphatic carbocycles. The number of fused-ring (bicyclic) bond motifs is 1. The van der Waals surface area contributed by atoms with Gasteiger partial charge in [-0.15, -0.1) is 11.3 Å². The second-order valence-corrected chi connectivity index (χ2v) is 6.90. The summed E-state index contributed by atoms with van der Waals surface area (Å²) >= 11 is 1.62. The second-order valence-electron chi connectivity index (χ2n) is 5.95. The van der Waals surface area contributed by atoms with Crippen molar-refractivity contribution in [3.8, 4) is 10.6 Å². The van der Waals surface area contributed by atoms with Crippen LogP contribution in [0, 0.1) is 5.82 Å². The van der Waals surface area contributed by atoms with Crippen molar-refractivity contribution in [3.63, 3.8) is 0 Å². The van der Waals surface area contributed by atoms with Gasteiger partial charge in [-0.05, 0) is 70.1 Å². The average Bonchev–Trinajstić information content (AvgIpc) is 3.24. The standard InChI is InChI=1S/C21H14FNO2S/c22-15-6-7-17-13(9-14(11-21(24)25)18(17)12-15)10-16-3-1-4-19(23-16)20-5-2-8-26-20/h1-10,12H,11H2,(H,24,25)/b13-10+. The van der Waals surface area contributed by atoms with Crippen LogP contribution < -0.4 is 0 Å². The quantitative estimate of drug-likeness (QED) is 0.679. The van der Waals surface area contributed by atoms with E-state index in [4.69, 9.17) is 5.11 Å². The molecule has 0 aliphatic heterocycles. The first-order valence-electron chi connectivity index (χ1n) is 8.05. The van der Waals surface area contributed by atoms with Gasteiger partial charge in [-0.25, -0.2) is 9.37 Å². The van der Waals surface area contributed by atoms with Crippen molar-refractivity contribution in [2.24, 2.45) is 0 Å². The van der Waals surface area contributed by atoms with E-state index in [1.807, 2.05) is 41.8 Å². The van der Waals surface area contributed by atoms with Gasteiger partial charge in [0.2, 0.25) is 0 Å². The molecule has 4 rings (SSSR count). The zero-order valence-electron chi connectivity index (χ0n) is 13.6. The van der Waals surface area contributed by atoms with Crippen LogP contribution in [0.15, 0.2) is 60.0 Å². The van der Waals surface area contributed by atoms with Crippen molar-refractivity contribution in [2.45, 2.75) is 6.42 Å². The summed E-state index contributed by atoms with van der Waals surface area (Å²) < 4.78 is 13.6. The highest BCUT2D eigenvalue weighted by Gasteiger charge is 2.21. The van der Waals surface area contributed by atoms with Crippen molar-refractivity contribution < 1.29 is 14.3 Å². The predicted octanol–water partition coefficient (Wildman–Crippen LogP) is 5.36. The molecule has 1 aliphatic rings. The van der Waals surface area contributed by atoms with Crippen molar-refractivity contribution in [1.29, 1.82) is 0 Å². The van der Waals surface area contributed by atoms with Crippen molar-refractivity contribution in [3.05, 3.63) is 82.6 Å². The Kier molecular flexibility index (Phi) is 4.22. The smallest absolute Gasteiger partial charge is 0.307 e. The van der Waals surface area contributed by atoms with Gasteiger partial charge < -0.3 is 5.11 Å². The number of pyridine rings is 1. The van der Waals surface area contributed by atoms with Gasteiger partial charge in [-0.1, -0.05) is 18.2 Å². The Morgan fingerprint density at radius 1 is 1.15 bits per heavy atom. The maximum absolute atomic E-state index is 13.6. The first kappa shape index (κ1) is 16.4. The Bertz CT molecular complexity index is 1050. The number of benzene rings is 1. The third-order valence-electron chi connectivity index (χ3n) is 4.16. The zero-order chi connectivity index (χ0) is 18.1. The van der Waals surface area contributed by atoms with Gasteiger partial charge in [-0.3, -0.25) is 4.79 Å². The van der Waals surface area contributed by atoms with Gasteiger partial charge in [0.15, 0.2) is 0 Å². The number of carboxylic acids is 1. The lowest BCUT2D eigenvalue weighted by molar-refractivity contribution is -0.135. The molecule has 0 fully saturated rings. The summed E-state index contributed by atoms with van der Waals surface area (Å²) in [5.74, 6) is -1.32. The lowest BCUT2D eigenvalue weighted by atomic mass is 10.0. The van der Waals surface area contributed by atoms with Gasteiger partial charge in [0, 0.05) is 0 Å². The molecule has 128 valence electrons. The largest absolute Gasteiger partial charge is 0.481 e. The van der Waals surface area contributed by atoms with E-state index in [9.17, 15) is 9.18 Å². The van der Waals surface area contributed by atoms with Crippen molar-refractivity contribution >= 4 is 34.5 Å². The number of carbonyl (C=O) groups is 1. The summed E-state index contributed by atoms with van der Waals surface area (Å²) in [6, 6.07) is 14.3. The number of thiophene rings is 1. The number of rotatable bonds is 4. The summed E-state index contributed by atoms with van der Waals surface area (Å²) in [6.07, 6.45) is 3.57. The van der Waals surface area contributed by atoms with Gasteiger partial charge >= 0.3 is 5.97 Å². The fraction of sp³-hybridized carbons (Fsp3) is 0.0476. The third-order valence-corrected chi connectivity index (χ3v) is 5.05. The number of nitrogens with zero attached hydrogens (tertiary/aromatic N) is 1. The minimum Gasteiger partial charge on any atom is -0.481 e. The van der Waals surface area contributed by atoms with Crippen LogP contribution in [0.2, 0.25) is 0 Å². The van der Waals surface area contributed by atoms with Crippen molar-refractivity contribution in [1.82, 2.24) is 4.98 Å². The molecule has 0 radical (unpaired) electrons. The Labute approximate surface area is 153 Å². The molecule has 0 saturated carbocycles. The monoisotopic (exact) mass is 363 g/mol. The van der Waals surface area contributed by atoms with Crippen LogP contribution >= 0.6 is 11.3 Å². The van der Waals surface area contributed by atoms with Crippen molar-refractivity contribution in [2.75, 3.05) is 0 Å². The fourth-order valence-corrected chi connectivity index (χ4v) is 3.75. The summed E-state index contributed by atoms with van der Waals surface area (Å²) in [4.78, 5) is 16.9. The van der Waals surface area contributed by atoms with E-state index in [-0.39, 0.29) is 12.2 Å². The number of hydrogen-bond donors (Lipinski definition) is 1. The lowest BCUT2D eigenvalue weighted by Crippen LogP contribution is -1.96. The molecule has 3 aromatic rings. The molecule has 0 bridgehead atoms. The van der Waals surface area contributed by atoms with Crippen LogP contribution in [0.5, 0.6) is 0 Å². The topological polar surface area (TPSA) is 50.2 Å². The van der Waals surface area contributed by atoms with E-state index < -0.39 is 5.97 Å². The number of halogens is 1. The van der Waals surface area contributed by atoms with Gasteiger partial charge in [-0.2, -0.15) is 0 Å². The number of hydrogen-bond acceptors (Lipinski definition) is 3. The molecule has 1 N–H and O–H groups in total. The number of allylic oxidation sites excluding steroid dienone is 2. The molecule has 3 nitrogen and oxygen atoms in total. The summed E-state index contributed by atoms with van der Waals surface area (Å²) in [5.41, 5.74) is 4.56. The molecule has 0 unspecified atom stereocenters. The summed E-state index contributed by atoms with van der Waals surface area (Å²) in [7, 11) is 0. The Balaban J connectivity index is 1.77. The van der Waals surface area contributed by atoms with E-state index in [2.05, 4.69) is 4.98 Å². The molecule has 26 heavy (non-hydrogen) atoms.